The van der Waals surface area contributed by atoms with E-state index in [0.29, 0.717) is 0 Å². The summed E-state index contributed by atoms with van der Waals surface area (Å²) in [6.45, 7) is 9.79. The third-order valence-corrected chi connectivity index (χ3v) is 3.59. The number of rotatable bonds is 5. The van der Waals surface area contributed by atoms with E-state index in [1.54, 1.807) is 12.1 Å². The number of nitrogens with one attached hydrogen (secondary N) is 1. The lowest BCUT2D eigenvalue weighted by molar-refractivity contribution is 0.572. The van der Waals surface area contributed by atoms with Crippen molar-refractivity contribution < 1.29 is 4.39 Å². The molecule has 0 unspecified atom stereocenters. The minimum Gasteiger partial charge on any atom is -0.311 e. The van der Waals surface area contributed by atoms with Crippen molar-refractivity contribution in [3.8, 4) is 0 Å². The third kappa shape index (κ3) is 3.64. The Morgan fingerprint density at radius 1 is 1.14 bits per heavy atom. The van der Waals surface area contributed by atoms with Gasteiger partial charge in [-0.3, -0.25) is 0 Å². The van der Waals surface area contributed by atoms with Crippen molar-refractivity contribution in [2.75, 3.05) is 6.54 Å². The van der Waals surface area contributed by atoms with Gasteiger partial charge in [-0.05, 0) is 51.1 Å². The van der Waals surface area contributed by atoms with Crippen LogP contribution >= 0.6 is 0 Å². The molecule has 0 aliphatic rings. The molecular weight excluding hydrogens is 265 g/mol. The molecule has 112 valence electrons. The lowest BCUT2D eigenvalue weighted by atomic mass is 9.83. The number of nitrogens with zero attached hydrogens (tertiary/aromatic N) is 2. The molecule has 3 nitrogen and oxygen atoms in total. The molecule has 2 rings (SSSR count). The Labute approximate surface area is 125 Å². The summed E-state index contributed by atoms with van der Waals surface area (Å²) in [5, 5.41) is 3.28. The third-order valence-electron chi connectivity index (χ3n) is 3.59. The zero-order chi connectivity index (χ0) is 15.5. The van der Waals surface area contributed by atoms with E-state index in [1.807, 2.05) is 13.0 Å². The summed E-state index contributed by atoms with van der Waals surface area (Å²) in [5.74, 6) is 0.537. The van der Waals surface area contributed by atoms with Gasteiger partial charge in [0.1, 0.15) is 11.6 Å². The minimum atomic E-state index is -0.360. The normalized spacial score (nSPS) is 11.7. The lowest BCUT2D eigenvalue weighted by Gasteiger charge is -2.24. The largest absolute Gasteiger partial charge is 0.311 e. The van der Waals surface area contributed by atoms with Crippen molar-refractivity contribution in [3.63, 3.8) is 0 Å². The van der Waals surface area contributed by atoms with Gasteiger partial charge in [-0.25, -0.2) is 14.4 Å². The molecule has 0 fully saturated rings. The molecular formula is C17H22FN3. The fourth-order valence-corrected chi connectivity index (χ4v) is 2.25. The van der Waals surface area contributed by atoms with Crippen LogP contribution < -0.4 is 5.32 Å². The van der Waals surface area contributed by atoms with Gasteiger partial charge in [0, 0.05) is 17.7 Å². The average Bonchev–Trinajstić information content (AvgIpc) is 2.45. The molecule has 21 heavy (non-hydrogen) atoms. The first-order valence-electron chi connectivity index (χ1n) is 7.25. The molecule has 1 aromatic carbocycles. The smallest absolute Gasteiger partial charge is 0.138 e. The van der Waals surface area contributed by atoms with Gasteiger partial charge < -0.3 is 5.32 Å². The van der Waals surface area contributed by atoms with E-state index in [9.17, 15) is 4.39 Å². The zero-order valence-electron chi connectivity index (χ0n) is 13.1. The highest BCUT2D eigenvalue weighted by molar-refractivity contribution is 5.32. The molecule has 0 atom stereocenters. The SMILES string of the molecule is CCNCc1cc(C)nc(C(C)(C)c2ccc(F)cc2)n1. The highest BCUT2D eigenvalue weighted by Crippen LogP contribution is 2.29. The first kappa shape index (κ1) is 15.6. The topological polar surface area (TPSA) is 37.8 Å². The van der Waals surface area contributed by atoms with E-state index in [2.05, 4.69) is 36.1 Å². The van der Waals surface area contributed by atoms with Gasteiger partial charge in [0.2, 0.25) is 0 Å². The first-order valence-corrected chi connectivity index (χ1v) is 7.25. The molecule has 0 saturated carbocycles. The van der Waals surface area contributed by atoms with E-state index in [-0.39, 0.29) is 11.2 Å². The van der Waals surface area contributed by atoms with Crippen LogP contribution in [0, 0.1) is 12.7 Å². The summed E-state index contributed by atoms with van der Waals surface area (Å²) in [5.41, 5.74) is 2.57. The Bertz CT molecular complexity index is 606. The van der Waals surface area contributed by atoms with Crippen molar-refractivity contribution in [2.24, 2.45) is 0 Å². The van der Waals surface area contributed by atoms with Crippen molar-refractivity contribution in [1.29, 1.82) is 0 Å². The molecule has 0 amide bonds. The molecule has 1 N–H and O–H groups in total. The maximum Gasteiger partial charge on any atom is 0.138 e. The second-order valence-electron chi connectivity index (χ2n) is 5.74. The van der Waals surface area contributed by atoms with Crippen LogP contribution in [0.5, 0.6) is 0 Å². The fraction of sp³-hybridized carbons (Fsp3) is 0.412. The predicted molar refractivity (Wildman–Crippen MR) is 82.7 cm³/mol. The maximum absolute atomic E-state index is 13.1. The maximum atomic E-state index is 13.1. The second kappa shape index (κ2) is 6.31. The Morgan fingerprint density at radius 3 is 2.43 bits per heavy atom. The van der Waals surface area contributed by atoms with Crippen LogP contribution in [0.25, 0.3) is 0 Å². The molecule has 4 heteroatoms. The van der Waals surface area contributed by atoms with Gasteiger partial charge in [-0.2, -0.15) is 0 Å². The van der Waals surface area contributed by atoms with Crippen molar-refractivity contribution >= 4 is 0 Å². The number of benzene rings is 1. The molecule has 0 saturated heterocycles. The summed E-state index contributed by atoms with van der Waals surface area (Å²) in [6.07, 6.45) is 0. The standard InChI is InChI=1S/C17H22FN3/c1-5-19-11-15-10-12(2)20-16(21-15)17(3,4)13-6-8-14(18)9-7-13/h6-10,19H,5,11H2,1-4H3. The molecule has 1 aromatic heterocycles. The summed E-state index contributed by atoms with van der Waals surface area (Å²) in [6, 6.07) is 8.54. The lowest BCUT2D eigenvalue weighted by Crippen LogP contribution is -2.24. The molecule has 0 radical (unpaired) electrons. The van der Waals surface area contributed by atoms with Crippen LogP contribution in [0.1, 0.15) is 43.5 Å². The molecule has 0 spiro atoms. The Kier molecular flexibility index (Phi) is 4.68. The second-order valence-corrected chi connectivity index (χ2v) is 5.74. The summed E-state index contributed by atoms with van der Waals surface area (Å²) < 4.78 is 13.1. The van der Waals surface area contributed by atoms with Gasteiger partial charge in [-0.15, -0.1) is 0 Å². The van der Waals surface area contributed by atoms with E-state index in [0.717, 1.165) is 35.9 Å². The number of aryl methyl sites for hydroxylation is 1. The Balaban J connectivity index is 2.38. The summed E-state index contributed by atoms with van der Waals surface area (Å²) in [7, 11) is 0. The van der Waals surface area contributed by atoms with Crippen LogP contribution in [-0.4, -0.2) is 16.5 Å². The highest BCUT2D eigenvalue weighted by Gasteiger charge is 2.27. The quantitative estimate of drug-likeness (QED) is 0.916. The van der Waals surface area contributed by atoms with Gasteiger partial charge in [-0.1, -0.05) is 19.1 Å². The zero-order valence-corrected chi connectivity index (χ0v) is 13.1. The predicted octanol–water partition coefficient (Wildman–Crippen LogP) is 3.36. The van der Waals surface area contributed by atoms with Crippen LogP contribution in [0.3, 0.4) is 0 Å². The monoisotopic (exact) mass is 287 g/mol. The summed E-state index contributed by atoms with van der Waals surface area (Å²) in [4.78, 5) is 9.25. The van der Waals surface area contributed by atoms with Crippen LogP contribution in [0.15, 0.2) is 30.3 Å². The number of hydrogen-bond donors (Lipinski definition) is 1. The Morgan fingerprint density at radius 2 is 1.81 bits per heavy atom. The van der Waals surface area contributed by atoms with Crippen molar-refractivity contribution in [1.82, 2.24) is 15.3 Å². The molecule has 0 aliphatic heterocycles. The highest BCUT2D eigenvalue weighted by atomic mass is 19.1. The number of hydrogen-bond acceptors (Lipinski definition) is 3. The molecule has 0 aliphatic carbocycles. The molecule has 2 aromatic rings. The van der Waals surface area contributed by atoms with E-state index in [4.69, 9.17) is 0 Å². The van der Waals surface area contributed by atoms with Gasteiger partial charge in [0.05, 0.1) is 5.69 Å². The molecule has 1 heterocycles. The summed E-state index contributed by atoms with van der Waals surface area (Å²) >= 11 is 0. The van der Waals surface area contributed by atoms with Crippen LogP contribution in [0.2, 0.25) is 0 Å². The minimum absolute atomic E-state index is 0.229. The fourth-order valence-electron chi connectivity index (χ4n) is 2.25. The average molecular weight is 287 g/mol. The van der Waals surface area contributed by atoms with Crippen LogP contribution in [-0.2, 0) is 12.0 Å². The van der Waals surface area contributed by atoms with Gasteiger partial charge in [0.25, 0.3) is 0 Å². The van der Waals surface area contributed by atoms with E-state index >= 15 is 0 Å². The number of halogens is 1. The van der Waals surface area contributed by atoms with E-state index in [1.165, 1.54) is 12.1 Å². The van der Waals surface area contributed by atoms with Gasteiger partial charge in [0.15, 0.2) is 0 Å². The van der Waals surface area contributed by atoms with Crippen LogP contribution in [0.4, 0.5) is 4.39 Å². The van der Waals surface area contributed by atoms with E-state index < -0.39 is 0 Å². The van der Waals surface area contributed by atoms with Crippen molar-refractivity contribution in [2.45, 2.75) is 39.7 Å². The van der Waals surface area contributed by atoms with Gasteiger partial charge >= 0.3 is 0 Å². The molecule has 0 bridgehead atoms. The Hall–Kier alpha value is -1.81. The first-order chi connectivity index (χ1) is 9.93. The van der Waals surface area contributed by atoms with Crippen molar-refractivity contribution in [3.05, 3.63) is 58.9 Å². The number of aromatic nitrogens is 2.